The minimum atomic E-state index is -3.26. The van der Waals surface area contributed by atoms with Crippen molar-refractivity contribution in [2.24, 2.45) is 0 Å². The van der Waals surface area contributed by atoms with Gasteiger partial charge in [0.2, 0.25) is 0 Å². The number of rotatable bonds is 4. The molecule has 0 aliphatic carbocycles. The fourth-order valence-corrected chi connectivity index (χ4v) is 2.57. The third-order valence-electron chi connectivity index (χ3n) is 3.03. The summed E-state index contributed by atoms with van der Waals surface area (Å²) in [6.07, 6.45) is 1.88. The third kappa shape index (κ3) is 3.11. The number of halogens is 1. The molecular formula is C15H13FO3S. The summed E-state index contributed by atoms with van der Waals surface area (Å²) in [6, 6.07) is 11.8. The van der Waals surface area contributed by atoms with Crippen LogP contribution in [0.3, 0.4) is 0 Å². The van der Waals surface area contributed by atoms with E-state index < -0.39 is 15.8 Å². The molecule has 0 bridgehead atoms. The molecule has 0 N–H and O–H groups in total. The van der Waals surface area contributed by atoms with Gasteiger partial charge in [-0.3, -0.25) is 0 Å². The molecule has 0 spiro atoms. The van der Waals surface area contributed by atoms with Gasteiger partial charge in [-0.15, -0.1) is 0 Å². The Balaban J connectivity index is 2.37. The highest BCUT2D eigenvalue weighted by molar-refractivity contribution is 7.90. The Hall–Kier alpha value is -2.01. The maximum Gasteiger partial charge on any atom is 0.175 e. The number of carbonyl (C=O) groups excluding carboxylic acids is 1. The van der Waals surface area contributed by atoms with Crippen LogP contribution in [0.4, 0.5) is 4.39 Å². The Morgan fingerprint density at radius 3 is 1.80 bits per heavy atom. The highest BCUT2D eigenvalue weighted by atomic mass is 32.2. The molecule has 5 heteroatoms. The second-order valence-corrected chi connectivity index (χ2v) is 6.52. The Morgan fingerprint density at radius 1 is 0.950 bits per heavy atom. The minimum absolute atomic E-state index is 0.199. The van der Waals surface area contributed by atoms with Crippen LogP contribution in [0.15, 0.2) is 53.4 Å². The molecule has 0 radical (unpaired) electrons. The topological polar surface area (TPSA) is 51.2 Å². The van der Waals surface area contributed by atoms with E-state index in [1.807, 2.05) is 0 Å². The Labute approximate surface area is 117 Å². The number of hydrogen-bond acceptors (Lipinski definition) is 3. The van der Waals surface area contributed by atoms with Crippen molar-refractivity contribution in [3.05, 3.63) is 65.5 Å². The van der Waals surface area contributed by atoms with E-state index in [9.17, 15) is 17.6 Å². The zero-order valence-corrected chi connectivity index (χ0v) is 11.6. The van der Waals surface area contributed by atoms with Crippen LogP contribution in [-0.4, -0.2) is 21.0 Å². The van der Waals surface area contributed by atoms with E-state index in [1.165, 1.54) is 24.3 Å². The molecule has 3 nitrogen and oxygen atoms in total. The quantitative estimate of drug-likeness (QED) is 0.814. The van der Waals surface area contributed by atoms with E-state index in [0.29, 0.717) is 11.1 Å². The monoisotopic (exact) mass is 292 g/mol. The minimum Gasteiger partial charge on any atom is -0.302 e. The van der Waals surface area contributed by atoms with Gasteiger partial charge in [0.1, 0.15) is 12.1 Å². The lowest BCUT2D eigenvalue weighted by Crippen LogP contribution is -2.04. The molecule has 1 atom stereocenters. The van der Waals surface area contributed by atoms with Crippen molar-refractivity contribution < 1.29 is 17.6 Å². The normalized spacial score (nSPS) is 12.9. The number of benzene rings is 2. The third-order valence-corrected chi connectivity index (χ3v) is 4.16. The maximum absolute atomic E-state index is 12.9. The van der Waals surface area contributed by atoms with Gasteiger partial charge in [0.15, 0.2) is 9.84 Å². The molecule has 0 aliphatic rings. The molecule has 0 saturated heterocycles. The summed E-state index contributed by atoms with van der Waals surface area (Å²) in [5, 5.41) is 0. The van der Waals surface area contributed by atoms with Gasteiger partial charge in [-0.25, -0.2) is 12.8 Å². The summed E-state index contributed by atoms with van der Waals surface area (Å²) in [5.74, 6) is -0.907. The summed E-state index contributed by atoms with van der Waals surface area (Å²) >= 11 is 0. The Bertz CT molecular complexity index is 704. The van der Waals surface area contributed by atoms with Crippen LogP contribution in [-0.2, 0) is 14.6 Å². The smallest absolute Gasteiger partial charge is 0.175 e. The van der Waals surface area contributed by atoms with Gasteiger partial charge in [0.25, 0.3) is 0 Å². The van der Waals surface area contributed by atoms with Crippen LogP contribution in [0.25, 0.3) is 0 Å². The summed E-state index contributed by atoms with van der Waals surface area (Å²) in [6.45, 7) is 0. The van der Waals surface area contributed by atoms with Crippen LogP contribution in [0, 0.1) is 5.82 Å². The molecule has 2 rings (SSSR count). The summed E-state index contributed by atoms with van der Waals surface area (Å²) < 4.78 is 35.6. The lowest BCUT2D eigenvalue weighted by molar-refractivity contribution is -0.108. The first-order valence-electron chi connectivity index (χ1n) is 5.92. The number of sulfone groups is 1. The Morgan fingerprint density at radius 2 is 1.40 bits per heavy atom. The summed E-state index contributed by atoms with van der Waals surface area (Å²) in [7, 11) is -3.26. The number of carbonyl (C=O) groups is 1. The average Bonchev–Trinajstić information content (AvgIpc) is 2.41. The number of aldehydes is 1. The van der Waals surface area contributed by atoms with E-state index in [1.54, 1.807) is 24.3 Å². The van der Waals surface area contributed by atoms with Gasteiger partial charge in [-0.2, -0.15) is 0 Å². The van der Waals surface area contributed by atoms with Gasteiger partial charge in [0.05, 0.1) is 10.8 Å². The molecule has 104 valence electrons. The van der Waals surface area contributed by atoms with Crippen LogP contribution in [0.5, 0.6) is 0 Å². The zero-order valence-electron chi connectivity index (χ0n) is 10.8. The van der Waals surface area contributed by atoms with Gasteiger partial charge >= 0.3 is 0 Å². The van der Waals surface area contributed by atoms with Gasteiger partial charge < -0.3 is 4.79 Å². The van der Waals surface area contributed by atoms with Crippen molar-refractivity contribution in [1.82, 2.24) is 0 Å². The van der Waals surface area contributed by atoms with E-state index >= 15 is 0 Å². The predicted molar refractivity (Wildman–Crippen MR) is 73.9 cm³/mol. The molecule has 0 saturated carbocycles. The molecule has 0 heterocycles. The molecule has 20 heavy (non-hydrogen) atoms. The van der Waals surface area contributed by atoms with Gasteiger partial charge in [-0.05, 0) is 35.4 Å². The van der Waals surface area contributed by atoms with Gasteiger partial charge in [-0.1, -0.05) is 24.3 Å². The van der Waals surface area contributed by atoms with Crippen molar-refractivity contribution in [3.63, 3.8) is 0 Å². The van der Waals surface area contributed by atoms with Crippen LogP contribution in [0.1, 0.15) is 17.0 Å². The molecular weight excluding hydrogens is 279 g/mol. The predicted octanol–water partition coefficient (Wildman–Crippen LogP) is 2.56. The molecule has 0 amide bonds. The summed E-state index contributed by atoms with van der Waals surface area (Å²) in [4.78, 5) is 11.5. The molecule has 1 unspecified atom stereocenters. The Kier molecular flexibility index (Phi) is 3.99. The van der Waals surface area contributed by atoms with Gasteiger partial charge in [0, 0.05) is 6.26 Å². The SMILES string of the molecule is CS(=O)(=O)c1ccc(C(C=O)c2ccc(F)cc2)cc1. The van der Waals surface area contributed by atoms with Crippen molar-refractivity contribution in [3.8, 4) is 0 Å². The van der Waals surface area contributed by atoms with E-state index in [0.717, 1.165) is 12.5 Å². The largest absolute Gasteiger partial charge is 0.302 e. The van der Waals surface area contributed by atoms with Crippen molar-refractivity contribution in [1.29, 1.82) is 0 Å². The molecule has 0 fully saturated rings. The molecule has 2 aromatic carbocycles. The standard InChI is InChI=1S/C15H13FO3S/c1-20(18,19)14-8-4-12(5-9-14)15(10-17)11-2-6-13(16)7-3-11/h2-10,15H,1H3. The van der Waals surface area contributed by atoms with Crippen LogP contribution < -0.4 is 0 Å². The summed E-state index contributed by atoms with van der Waals surface area (Å²) in [5.41, 5.74) is 1.33. The fraction of sp³-hybridized carbons (Fsp3) is 0.133. The fourth-order valence-electron chi connectivity index (χ4n) is 1.94. The first-order valence-corrected chi connectivity index (χ1v) is 7.82. The first kappa shape index (κ1) is 14.4. The second kappa shape index (κ2) is 5.54. The highest BCUT2D eigenvalue weighted by Gasteiger charge is 2.14. The van der Waals surface area contributed by atoms with Crippen molar-refractivity contribution in [2.75, 3.05) is 6.26 Å². The van der Waals surface area contributed by atoms with E-state index in [-0.39, 0.29) is 10.7 Å². The van der Waals surface area contributed by atoms with Crippen LogP contribution in [0.2, 0.25) is 0 Å². The maximum atomic E-state index is 12.9. The lowest BCUT2D eigenvalue weighted by Gasteiger charge is -2.11. The van der Waals surface area contributed by atoms with Crippen molar-refractivity contribution in [2.45, 2.75) is 10.8 Å². The molecule has 0 aliphatic heterocycles. The van der Waals surface area contributed by atoms with E-state index in [4.69, 9.17) is 0 Å². The average molecular weight is 292 g/mol. The van der Waals surface area contributed by atoms with Crippen LogP contribution >= 0.6 is 0 Å². The van der Waals surface area contributed by atoms with Crippen molar-refractivity contribution >= 4 is 16.1 Å². The molecule has 2 aromatic rings. The number of hydrogen-bond donors (Lipinski definition) is 0. The highest BCUT2D eigenvalue weighted by Crippen LogP contribution is 2.24. The second-order valence-electron chi connectivity index (χ2n) is 4.51. The lowest BCUT2D eigenvalue weighted by atomic mass is 9.93. The van der Waals surface area contributed by atoms with E-state index in [2.05, 4.69) is 0 Å². The zero-order chi connectivity index (χ0) is 14.8. The first-order chi connectivity index (χ1) is 9.41. The molecule has 0 aromatic heterocycles.